The van der Waals surface area contributed by atoms with Crippen molar-refractivity contribution >= 4 is 17.6 Å². The summed E-state index contributed by atoms with van der Waals surface area (Å²) in [5.41, 5.74) is 0. The van der Waals surface area contributed by atoms with Crippen LogP contribution in [-0.4, -0.2) is 33.3 Å². The molecule has 3 aromatic rings. The van der Waals surface area contributed by atoms with Crippen LogP contribution in [0.4, 0.5) is 5.82 Å². The van der Waals surface area contributed by atoms with Gasteiger partial charge in [-0.05, 0) is 18.2 Å². The van der Waals surface area contributed by atoms with E-state index in [0.29, 0.717) is 5.76 Å². The largest absolute Gasteiger partial charge is 0.467 e. The molecule has 2 amide bonds. The summed E-state index contributed by atoms with van der Waals surface area (Å²) < 4.78 is 11.6. The van der Waals surface area contributed by atoms with Gasteiger partial charge in [-0.25, -0.2) is 0 Å². The molecule has 1 atom stereocenters. The Kier molecular flexibility index (Phi) is 4.18. The molecule has 2 N–H and O–H groups in total. The minimum atomic E-state index is -0.836. The molecule has 23 heavy (non-hydrogen) atoms. The fourth-order valence-electron chi connectivity index (χ4n) is 1.99. The van der Waals surface area contributed by atoms with Crippen molar-refractivity contribution in [3.8, 4) is 0 Å². The van der Waals surface area contributed by atoms with Crippen LogP contribution in [0, 0.1) is 0 Å². The van der Waals surface area contributed by atoms with E-state index in [-0.39, 0.29) is 18.4 Å². The van der Waals surface area contributed by atoms with Crippen molar-refractivity contribution in [2.24, 2.45) is 0 Å². The molecule has 0 bridgehead atoms. The fourth-order valence-corrected chi connectivity index (χ4v) is 1.99. The van der Waals surface area contributed by atoms with Crippen molar-refractivity contribution in [2.45, 2.75) is 6.04 Å². The summed E-state index contributed by atoms with van der Waals surface area (Å²) in [5, 5.41) is 12.5. The zero-order valence-electron chi connectivity index (χ0n) is 11.9. The van der Waals surface area contributed by atoms with Gasteiger partial charge in [0.25, 0.3) is 0 Å². The molecule has 0 aliphatic rings. The number of hydrogen-bond donors (Lipinski definition) is 2. The SMILES string of the molecule is O=C(NC[C@H](c1ccco1)n1cccn1)C(=O)Nc1ccon1. The van der Waals surface area contributed by atoms with Crippen molar-refractivity contribution in [3.63, 3.8) is 0 Å². The number of carbonyl (C=O) groups excluding carboxylic acids is 2. The van der Waals surface area contributed by atoms with E-state index in [2.05, 4.69) is 25.4 Å². The molecule has 0 unspecified atom stereocenters. The highest BCUT2D eigenvalue weighted by molar-refractivity contribution is 6.39. The summed E-state index contributed by atoms with van der Waals surface area (Å²) in [4.78, 5) is 23.6. The maximum absolute atomic E-state index is 11.9. The predicted octanol–water partition coefficient (Wildman–Crippen LogP) is 0.808. The second-order valence-corrected chi connectivity index (χ2v) is 4.57. The monoisotopic (exact) mass is 315 g/mol. The lowest BCUT2D eigenvalue weighted by atomic mass is 10.2. The number of aromatic nitrogens is 3. The molecule has 9 heteroatoms. The standard InChI is InChI=1S/C14H13N5O4/c20-13(14(21)17-12-4-8-23-18-12)15-9-10(11-3-1-7-22-11)19-6-2-5-16-19/h1-8,10H,9H2,(H,15,20)(H,17,18,21)/t10-/m1/s1. The quantitative estimate of drug-likeness (QED) is 0.673. The van der Waals surface area contributed by atoms with E-state index in [1.54, 1.807) is 35.3 Å². The molecule has 0 spiro atoms. The molecule has 0 aliphatic heterocycles. The number of carbonyl (C=O) groups is 2. The van der Waals surface area contributed by atoms with Gasteiger partial charge in [-0.15, -0.1) is 0 Å². The lowest BCUT2D eigenvalue weighted by Gasteiger charge is -2.15. The summed E-state index contributed by atoms with van der Waals surface area (Å²) in [6, 6.07) is 6.35. The van der Waals surface area contributed by atoms with Gasteiger partial charge < -0.3 is 14.3 Å². The van der Waals surface area contributed by atoms with E-state index in [1.165, 1.54) is 18.6 Å². The van der Waals surface area contributed by atoms with Crippen LogP contribution in [-0.2, 0) is 9.59 Å². The zero-order chi connectivity index (χ0) is 16.1. The van der Waals surface area contributed by atoms with Crippen LogP contribution in [0.15, 0.2) is 58.1 Å². The molecule has 118 valence electrons. The van der Waals surface area contributed by atoms with Gasteiger partial charge in [0.05, 0.1) is 6.26 Å². The van der Waals surface area contributed by atoms with Crippen molar-refractivity contribution in [1.82, 2.24) is 20.3 Å². The van der Waals surface area contributed by atoms with E-state index in [9.17, 15) is 9.59 Å². The molecule has 0 saturated heterocycles. The Hall–Kier alpha value is -3.36. The van der Waals surface area contributed by atoms with Gasteiger partial charge in [0.15, 0.2) is 5.82 Å². The van der Waals surface area contributed by atoms with Crippen LogP contribution in [0.25, 0.3) is 0 Å². The lowest BCUT2D eigenvalue weighted by molar-refractivity contribution is -0.136. The van der Waals surface area contributed by atoms with Crippen LogP contribution in [0.2, 0.25) is 0 Å². The van der Waals surface area contributed by atoms with Gasteiger partial charge in [-0.1, -0.05) is 5.16 Å². The van der Waals surface area contributed by atoms with E-state index in [1.807, 2.05) is 0 Å². The average molecular weight is 315 g/mol. The molecular formula is C14H13N5O4. The highest BCUT2D eigenvalue weighted by atomic mass is 16.5. The van der Waals surface area contributed by atoms with Gasteiger partial charge in [0.1, 0.15) is 18.1 Å². The molecule has 0 aliphatic carbocycles. The third-order valence-electron chi connectivity index (χ3n) is 3.06. The second kappa shape index (κ2) is 6.60. The first-order valence-corrected chi connectivity index (χ1v) is 6.76. The Morgan fingerprint density at radius 2 is 2.13 bits per heavy atom. The Morgan fingerprint density at radius 1 is 1.22 bits per heavy atom. The van der Waals surface area contributed by atoms with Crippen molar-refractivity contribution < 1.29 is 18.5 Å². The van der Waals surface area contributed by atoms with Crippen LogP contribution in [0.1, 0.15) is 11.8 Å². The van der Waals surface area contributed by atoms with Gasteiger partial charge in [-0.3, -0.25) is 19.6 Å². The smallest absolute Gasteiger partial charge is 0.314 e. The number of nitrogens with zero attached hydrogens (tertiary/aromatic N) is 3. The van der Waals surface area contributed by atoms with Gasteiger partial charge >= 0.3 is 11.8 Å². The summed E-state index contributed by atoms with van der Waals surface area (Å²) in [5.74, 6) is -0.847. The van der Waals surface area contributed by atoms with E-state index >= 15 is 0 Å². The maximum atomic E-state index is 11.9. The lowest BCUT2D eigenvalue weighted by Crippen LogP contribution is -2.39. The van der Waals surface area contributed by atoms with E-state index in [4.69, 9.17) is 4.42 Å². The summed E-state index contributed by atoms with van der Waals surface area (Å²) in [6.45, 7) is 0.139. The highest BCUT2D eigenvalue weighted by Gasteiger charge is 2.21. The summed E-state index contributed by atoms with van der Waals surface area (Å²) >= 11 is 0. The topological polar surface area (TPSA) is 115 Å². The van der Waals surface area contributed by atoms with Gasteiger partial charge in [-0.2, -0.15) is 5.10 Å². The molecule has 9 nitrogen and oxygen atoms in total. The third kappa shape index (κ3) is 3.46. The molecule has 3 heterocycles. The number of hydrogen-bond acceptors (Lipinski definition) is 6. The van der Waals surface area contributed by atoms with E-state index < -0.39 is 11.8 Å². The maximum Gasteiger partial charge on any atom is 0.314 e. The van der Waals surface area contributed by atoms with Crippen LogP contribution >= 0.6 is 0 Å². The highest BCUT2D eigenvalue weighted by Crippen LogP contribution is 2.17. The first-order chi connectivity index (χ1) is 11.2. The minimum Gasteiger partial charge on any atom is -0.467 e. The van der Waals surface area contributed by atoms with E-state index in [0.717, 1.165) is 0 Å². The van der Waals surface area contributed by atoms with Crippen LogP contribution in [0.5, 0.6) is 0 Å². The number of anilines is 1. The summed E-state index contributed by atoms with van der Waals surface area (Å²) in [7, 11) is 0. The Balaban J connectivity index is 1.62. The van der Waals surface area contributed by atoms with Gasteiger partial charge in [0.2, 0.25) is 0 Å². The van der Waals surface area contributed by atoms with Crippen molar-refractivity contribution in [3.05, 3.63) is 54.9 Å². The van der Waals surface area contributed by atoms with Crippen LogP contribution in [0.3, 0.4) is 0 Å². The molecule has 3 aromatic heterocycles. The second-order valence-electron chi connectivity index (χ2n) is 4.57. The fraction of sp³-hybridized carbons (Fsp3) is 0.143. The molecule has 0 radical (unpaired) electrons. The Bertz CT molecular complexity index is 715. The van der Waals surface area contributed by atoms with Gasteiger partial charge in [0, 0.05) is 25.0 Å². The number of nitrogens with one attached hydrogen (secondary N) is 2. The molecule has 0 aromatic carbocycles. The first-order valence-electron chi connectivity index (χ1n) is 6.76. The normalized spacial score (nSPS) is 11.8. The Morgan fingerprint density at radius 3 is 2.78 bits per heavy atom. The molecule has 3 rings (SSSR count). The average Bonchev–Trinajstić information content (AvgIpc) is 3.31. The number of rotatable bonds is 5. The van der Waals surface area contributed by atoms with Crippen molar-refractivity contribution in [1.29, 1.82) is 0 Å². The van der Waals surface area contributed by atoms with Crippen molar-refractivity contribution in [2.75, 3.05) is 11.9 Å². The number of furan rings is 1. The number of amides is 2. The molecule has 0 saturated carbocycles. The zero-order valence-corrected chi connectivity index (χ0v) is 11.9. The minimum absolute atomic E-state index is 0.139. The molecular weight excluding hydrogens is 302 g/mol. The predicted molar refractivity (Wildman–Crippen MR) is 77.2 cm³/mol. The summed E-state index contributed by atoms with van der Waals surface area (Å²) in [6.07, 6.45) is 6.19. The third-order valence-corrected chi connectivity index (χ3v) is 3.06. The molecule has 0 fully saturated rings. The Labute approximate surface area is 130 Å². The first kappa shape index (κ1) is 14.6. The van der Waals surface area contributed by atoms with Crippen LogP contribution < -0.4 is 10.6 Å².